The molecule has 1 heterocycles. The van der Waals surface area contributed by atoms with Crippen LogP contribution >= 0.6 is 11.6 Å². The van der Waals surface area contributed by atoms with Crippen molar-refractivity contribution >= 4 is 11.6 Å². The molecule has 0 fully saturated rings. The Bertz CT molecular complexity index is 568. The number of nitrogens with zero attached hydrogens (tertiary/aromatic N) is 3. The third-order valence-corrected chi connectivity index (χ3v) is 3.22. The van der Waals surface area contributed by atoms with E-state index in [1.54, 1.807) is 6.07 Å². The van der Waals surface area contributed by atoms with Gasteiger partial charge in [-0.1, -0.05) is 17.7 Å². The molecule has 0 aliphatic rings. The maximum Gasteiger partial charge on any atom is 0.142 e. The average molecular weight is 283 g/mol. The minimum atomic E-state index is -0.458. The SMILES string of the molecule is CC(C)n1ncnc1CC(N)c1ccc(Cl)c(F)c1. The topological polar surface area (TPSA) is 56.7 Å². The Morgan fingerprint density at radius 3 is 2.79 bits per heavy atom. The Kier molecular flexibility index (Phi) is 4.17. The van der Waals surface area contributed by atoms with Crippen LogP contribution in [0.2, 0.25) is 5.02 Å². The van der Waals surface area contributed by atoms with Gasteiger partial charge in [0.05, 0.1) is 5.02 Å². The van der Waals surface area contributed by atoms with Crippen LogP contribution in [0.25, 0.3) is 0 Å². The van der Waals surface area contributed by atoms with Gasteiger partial charge in [-0.15, -0.1) is 0 Å². The lowest BCUT2D eigenvalue weighted by atomic mass is 10.0. The summed E-state index contributed by atoms with van der Waals surface area (Å²) in [4.78, 5) is 4.19. The number of halogens is 2. The van der Waals surface area contributed by atoms with Gasteiger partial charge in [-0.05, 0) is 31.5 Å². The fraction of sp³-hybridized carbons (Fsp3) is 0.385. The molecule has 2 rings (SSSR count). The second-order valence-corrected chi connectivity index (χ2v) is 5.11. The number of aromatic nitrogens is 3. The van der Waals surface area contributed by atoms with Crippen LogP contribution in [0.4, 0.5) is 4.39 Å². The summed E-state index contributed by atoms with van der Waals surface area (Å²) < 4.78 is 15.2. The number of hydrogen-bond acceptors (Lipinski definition) is 3. The summed E-state index contributed by atoms with van der Waals surface area (Å²) in [6, 6.07) is 4.48. The Morgan fingerprint density at radius 1 is 1.42 bits per heavy atom. The van der Waals surface area contributed by atoms with Gasteiger partial charge in [0.25, 0.3) is 0 Å². The first kappa shape index (κ1) is 14.0. The Balaban J connectivity index is 2.18. The summed E-state index contributed by atoms with van der Waals surface area (Å²) in [5, 5.41) is 4.25. The minimum absolute atomic E-state index is 0.0984. The molecule has 0 aliphatic heterocycles. The van der Waals surface area contributed by atoms with Crippen molar-refractivity contribution in [3.05, 3.63) is 46.8 Å². The predicted molar refractivity (Wildman–Crippen MR) is 72.4 cm³/mol. The van der Waals surface area contributed by atoms with Gasteiger partial charge in [-0.2, -0.15) is 5.10 Å². The lowest BCUT2D eigenvalue weighted by Gasteiger charge is -2.14. The molecular formula is C13H16ClFN4. The molecule has 1 aromatic carbocycles. The van der Waals surface area contributed by atoms with Crippen LogP contribution in [-0.2, 0) is 6.42 Å². The average Bonchev–Trinajstić information content (AvgIpc) is 2.80. The molecule has 2 N–H and O–H groups in total. The Hall–Kier alpha value is -1.46. The van der Waals surface area contributed by atoms with Gasteiger partial charge >= 0.3 is 0 Å². The van der Waals surface area contributed by atoms with Crippen molar-refractivity contribution in [2.24, 2.45) is 5.73 Å². The summed E-state index contributed by atoms with van der Waals surface area (Å²) in [5.74, 6) is 0.331. The van der Waals surface area contributed by atoms with E-state index in [1.165, 1.54) is 18.5 Å². The van der Waals surface area contributed by atoms with Crippen LogP contribution in [0, 0.1) is 5.82 Å². The maximum atomic E-state index is 13.4. The maximum absolute atomic E-state index is 13.4. The molecule has 102 valence electrons. The molecule has 19 heavy (non-hydrogen) atoms. The molecular weight excluding hydrogens is 267 g/mol. The van der Waals surface area contributed by atoms with Crippen LogP contribution in [0.3, 0.4) is 0 Å². The van der Waals surface area contributed by atoms with Crippen molar-refractivity contribution in [3.63, 3.8) is 0 Å². The van der Waals surface area contributed by atoms with Crippen LogP contribution < -0.4 is 5.73 Å². The van der Waals surface area contributed by atoms with Crippen molar-refractivity contribution in [2.75, 3.05) is 0 Å². The van der Waals surface area contributed by atoms with E-state index in [4.69, 9.17) is 17.3 Å². The monoisotopic (exact) mass is 282 g/mol. The zero-order valence-corrected chi connectivity index (χ0v) is 11.6. The van der Waals surface area contributed by atoms with Crippen LogP contribution in [-0.4, -0.2) is 14.8 Å². The largest absolute Gasteiger partial charge is 0.324 e. The fourth-order valence-electron chi connectivity index (χ4n) is 1.91. The van der Waals surface area contributed by atoms with Crippen LogP contribution in [0.1, 0.15) is 37.3 Å². The van der Waals surface area contributed by atoms with Crippen LogP contribution in [0.15, 0.2) is 24.5 Å². The van der Waals surface area contributed by atoms with E-state index in [9.17, 15) is 4.39 Å². The summed E-state index contributed by atoms with van der Waals surface area (Å²) in [5.41, 5.74) is 6.78. The summed E-state index contributed by atoms with van der Waals surface area (Å²) in [6.45, 7) is 4.04. The molecule has 0 bridgehead atoms. The van der Waals surface area contributed by atoms with E-state index in [1.807, 2.05) is 18.5 Å². The van der Waals surface area contributed by atoms with Gasteiger partial charge in [0, 0.05) is 18.5 Å². The number of hydrogen-bond donors (Lipinski definition) is 1. The zero-order chi connectivity index (χ0) is 14.0. The van der Waals surface area contributed by atoms with Gasteiger partial charge in [0.2, 0.25) is 0 Å². The predicted octanol–water partition coefficient (Wildman–Crippen LogP) is 2.89. The Labute approximate surface area is 116 Å². The van der Waals surface area contributed by atoms with Crippen molar-refractivity contribution in [3.8, 4) is 0 Å². The van der Waals surface area contributed by atoms with E-state index in [0.29, 0.717) is 12.0 Å². The quantitative estimate of drug-likeness (QED) is 0.938. The molecule has 0 radical (unpaired) electrons. The highest BCUT2D eigenvalue weighted by atomic mass is 35.5. The number of benzene rings is 1. The fourth-order valence-corrected chi connectivity index (χ4v) is 2.03. The van der Waals surface area contributed by atoms with E-state index in [-0.39, 0.29) is 17.1 Å². The first-order chi connectivity index (χ1) is 8.99. The molecule has 2 aromatic rings. The first-order valence-electron chi connectivity index (χ1n) is 6.08. The number of nitrogens with two attached hydrogens (primary N) is 1. The standard InChI is InChI=1S/C13H16ClFN4/c1-8(2)19-13(17-7-18-19)6-12(16)9-3-4-10(14)11(15)5-9/h3-5,7-8,12H,6,16H2,1-2H3. The third-order valence-electron chi connectivity index (χ3n) is 2.91. The smallest absolute Gasteiger partial charge is 0.142 e. The lowest BCUT2D eigenvalue weighted by molar-refractivity contribution is 0.493. The second-order valence-electron chi connectivity index (χ2n) is 4.70. The van der Waals surface area contributed by atoms with E-state index in [2.05, 4.69) is 10.1 Å². The molecule has 0 saturated carbocycles. The summed E-state index contributed by atoms with van der Waals surface area (Å²) >= 11 is 5.65. The minimum Gasteiger partial charge on any atom is -0.324 e. The van der Waals surface area contributed by atoms with Gasteiger partial charge in [-0.25, -0.2) is 14.1 Å². The molecule has 0 saturated heterocycles. The van der Waals surface area contributed by atoms with Gasteiger partial charge in [0.15, 0.2) is 0 Å². The molecule has 0 aliphatic carbocycles. The van der Waals surface area contributed by atoms with Crippen LogP contribution in [0.5, 0.6) is 0 Å². The molecule has 1 unspecified atom stereocenters. The van der Waals surface area contributed by atoms with E-state index < -0.39 is 5.82 Å². The highest BCUT2D eigenvalue weighted by molar-refractivity contribution is 6.30. The molecule has 1 aromatic heterocycles. The normalized spacial score (nSPS) is 12.9. The van der Waals surface area contributed by atoms with Crippen molar-refractivity contribution in [1.82, 2.24) is 14.8 Å². The van der Waals surface area contributed by atoms with E-state index >= 15 is 0 Å². The molecule has 4 nitrogen and oxygen atoms in total. The summed E-state index contributed by atoms with van der Waals surface area (Å²) in [6.07, 6.45) is 2.00. The zero-order valence-electron chi connectivity index (χ0n) is 10.8. The van der Waals surface area contributed by atoms with Gasteiger partial charge in [-0.3, -0.25) is 0 Å². The molecule has 6 heteroatoms. The second kappa shape index (κ2) is 5.67. The molecule has 0 amide bonds. The highest BCUT2D eigenvalue weighted by Gasteiger charge is 2.14. The third kappa shape index (κ3) is 3.11. The summed E-state index contributed by atoms with van der Waals surface area (Å²) in [7, 11) is 0. The van der Waals surface area contributed by atoms with Gasteiger partial charge in [0.1, 0.15) is 18.0 Å². The number of rotatable bonds is 4. The van der Waals surface area contributed by atoms with E-state index in [0.717, 1.165) is 5.82 Å². The first-order valence-corrected chi connectivity index (χ1v) is 6.45. The highest BCUT2D eigenvalue weighted by Crippen LogP contribution is 2.21. The van der Waals surface area contributed by atoms with Crippen molar-refractivity contribution in [1.29, 1.82) is 0 Å². The van der Waals surface area contributed by atoms with Crippen molar-refractivity contribution in [2.45, 2.75) is 32.4 Å². The Morgan fingerprint density at radius 2 is 2.16 bits per heavy atom. The van der Waals surface area contributed by atoms with Gasteiger partial charge < -0.3 is 5.73 Å². The molecule has 0 spiro atoms. The molecule has 1 atom stereocenters. The van der Waals surface area contributed by atoms with Crippen molar-refractivity contribution < 1.29 is 4.39 Å². The lowest BCUT2D eigenvalue weighted by Crippen LogP contribution is -2.18.